The number of carbonyl (C=O) groups excluding carboxylic acids is 1. The van der Waals surface area contributed by atoms with Crippen LogP contribution in [0, 0.1) is 6.92 Å². The van der Waals surface area contributed by atoms with Crippen molar-refractivity contribution in [3.63, 3.8) is 0 Å². The molecule has 0 saturated heterocycles. The number of methoxy groups -OCH3 is 1. The molecule has 1 aromatic rings. The second-order valence-electron chi connectivity index (χ2n) is 5.60. The molecule has 20 heavy (non-hydrogen) atoms. The highest BCUT2D eigenvalue weighted by atomic mass is 16.5. The van der Waals surface area contributed by atoms with Crippen molar-refractivity contribution in [2.75, 3.05) is 13.7 Å². The summed E-state index contributed by atoms with van der Waals surface area (Å²) in [5, 5.41) is 6.22. The van der Waals surface area contributed by atoms with Gasteiger partial charge < -0.3 is 15.4 Å². The lowest BCUT2D eigenvalue weighted by Gasteiger charge is -2.27. The third-order valence-corrected chi connectivity index (χ3v) is 3.39. The normalized spacial score (nSPS) is 12.9. The van der Waals surface area contributed by atoms with Crippen molar-refractivity contribution in [2.45, 2.75) is 46.2 Å². The molecule has 0 heterocycles. The molecule has 0 bridgehead atoms. The van der Waals surface area contributed by atoms with E-state index in [2.05, 4.69) is 10.6 Å². The van der Waals surface area contributed by atoms with Crippen LogP contribution in [0.5, 0.6) is 5.75 Å². The summed E-state index contributed by atoms with van der Waals surface area (Å²) < 4.78 is 5.37. The zero-order chi connectivity index (χ0) is 15.3. The minimum atomic E-state index is -0.583. The molecule has 1 amide bonds. The van der Waals surface area contributed by atoms with E-state index in [1.165, 1.54) is 0 Å². The fourth-order valence-electron chi connectivity index (χ4n) is 2.17. The van der Waals surface area contributed by atoms with Crippen molar-refractivity contribution < 1.29 is 9.53 Å². The number of likely N-dealkylation sites (N-methyl/N-ethyl adjacent to an activating group) is 1. The molecule has 1 aromatic carbocycles. The lowest BCUT2D eigenvalue weighted by Crippen LogP contribution is -2.53. The molecule has 0 saturated carbocycles. The van der Waals surface area contributed by atoms with Gasteiger partial charge in [0.25, 0.3) is 0 Å². The smallest absolute Gasteiger partial charge is 0.240 e. The molecule has 0 radical (unpaired) electrons. The van der Waals surface area contributed by atoms with Crippen LogP contribution in [0.4, 0.5) is 0 Å². The van der Waals surface area contributed by atoms with E-state index in [0.717, 1.165) is 23.4 Å². The molecular formula is C16H26N2O2. The first kappa shape index (κ1) is 16.5. The van der Waals surface area contributed by atoms with Crippen molar-refractivity contribution in [1.82, 2.24) is 10.6 Å². The topological polar surface area (TPSA) is 50.4 Å². The Morgan fingerprint density at radius 2 is 2.05 bits per heavy atom. The average Bonchev–Trinajstić information content (AvgIpc) is 2.38. The molecule has 1 atom stereocenters. The number of hydrogen-bond acceptors (Lipinski definition) is 3. The summed E-state index contributed by atoms with van der Waals surface area (Å²) in [6, 6.07) is 5.88. The summed E-state index contributed by atoms with van der Waals surface area (Å²) in [4.78, 5) is 12.3. The van der Waals surface area contributed by atoms with Gasteiger partial charge in [-0.05, 0) is 40.3 Å². The van der Waals surface area contributed by atoms with E-state index >= 15 is 0 Å². The van der Waals surface area contributed by atoms with Crippen molar-refractivity contribution in [3.05, 3.63) is 29.3 Å². The number of ether oxygens (including phenoxy) is 1. The monoisotopic (exact) mass is 278 g/mol. The van der Waals surface area contributed by atoms with Crippen LogP contribution in [-0.4, -0.2) is 25.1 Å². The zero-order valence-electron chi connectivity index (χ0n) is 13.3. The van der Waals surface area contributed by atoms with E-state index in [9.17, 15) is 4.79 Å². The van der Waals surface area contributed by atoms with Gasteiger partial charge in [-0.25, -0.2) is 0 Å². The maximum Gasteiger partial charge on any atom is 0.240 e. The van der Waals surface area contributed by atoms with Crippen molar-refractivity contribution in [2.24, 2.45) is 0 Å². The second-order valence-corrected chi connectivity index (χ2v) is 5.60. The Hall–Kier alpha value is -1.55. The maximum absolute atomic E-state index is 12.3. The SMILES string of the molecule is CCNC(C)(C)C(=O)NC(C)c1cc(C)ccc1OC. The Morgan fingerprint density at radius 3 is 2.60 bits per heavy atom. The van der Waals surface area contributed by atoms with Crippen LogP contribution in [0.1, 0.15) is 44.9 Å². The van der Waals surface area contributed by atoms with E-state index < -0.39 is 5.54 Å². The Labute approximate surface area is 121 Å². The Bertz CT molecular complexity index is 470. The van der Waals surface area contributed by atoms with Crippen molar-refractivity contribution in [3.8, 4) is 5.75 Å². The van der Waals surface area contributed by atoms with Crippen LogP contribution >= 0.6 is 0 Å². The number of aryl methyl sites for hydroxylation is 1. The fraction of sp³-hybridized carbons (Fsp3) is 0.562. The van der Waals surface area contributed by atoms with Gasteiger partial charge in [-0.2, -0.15) is 0 Å². The number of benzene rings is 1. The number of carbonyl (C=O) groups is 1. The molecule has 0 spiro atoms. The van der Waals surface area contributed by atoms with Crippen LogP contribution < -0.4 is 15.4 Å². The van der Waals surface area contributed by atoms with Gasteiger partial charge in [-0.1, -0.05) is 24.6 Å². The van der Waals surface area contributed by atoms with Gasteiger partial charge in [0, 0.05) is 5.56 Å². The molecule has 0 aliphatic carbocycles. The first-order chi connectivity index (χ1) is 9.31. The van der Waals surface area contributed by atoms with Crippen molar-refractivity contribution >= 4 is 5.91 Å². The molecule has 0 aliphatic heterocycles. The van der Waals surface area contributed by atoms with E-state index in [4.69, 9.17) is 4.74 Å². The van der Waals surface area contributed by atoms with E-state index in [0.29, 0.717) is 0 Å². The van der Waals surface area contributed by atoms with Gasteiger partial charge in [0.2, 0.25) is 5.91 Å². The number of nitrogens with one attached hydrogen (secondary N) is 2. The van der Waals surface area contributed by atoms with E-state index in [1.54, 1.807) is 7.11 Å². The fourth-order valence-corrected chi connectivity index (χ4v) is 2.17. The summed E-state index contributed by atoms with van der Waals surface area (Å²) >= 11 is 0. The molecule has 1 unspecified atom stereocenters. The summed E-state index contributed by atoms with van der Waals surface area (Å²) in [5.74, 6) is 0.778. The van der Waals surface area contributed by atoms with Crippen molar-refractivity contribution in [1.29, 1.82) is 0 Å². The minimum Gasteiger partial charge on any atom is -0.496 e. The molecule has 1 rings (SSSR count). The largest absolute Gasteiger partial charge is 0.496 e. The lowest BCUT2D eigenvalue weighted by atomic mass is 10.0. The van der Waals surface area contributed by atoms with Crippen LogP contribution in [0.25, 0.3) is 0 Å². The Kier molecular flexibility index (Phi) is 5.57. The number of hydrogen-bond donors (Lipinski definition) is 2. The predicted octanol–water partition coefficient (Wildman–Crippen LogP) is 2.57. The summed E-state index contributed by atoms with van der Waals surface area (Å²) in [5.41, 5.74) is 1.56. The van der Waals surface area contributed by atoms with Gasteiger partial charge in [-0.3, -0.25) is 4.79 Å². The third kappa shape index (κ3) is 3.97. The average molecular weight is 278 g/mol. The molecule has 2 N–H and O–H groups in total. The minimum absolute atomic E-state index is 0.0181. The van der Waals surface area contributed by atoms with Gasteiger partial charge in [0.15, 0.2) is 0 Å². The Morgan fingerprint density at radius 1 is 1.40 bits per heavy atom. The van der Waals surface area contributed by atoms with Gasteiger partial charge in [-0.15, -0.1) is 0 Å². The highest BCUT2D eigenvalue weighted by Gasteiger charge is 2.28. The standard InChI is InChI=1S/C16H26N2O2/c1-7-17-16(4,5)15(19)18-12(3)13-10-11(2)8-9-14(13)20-6/h8-10,12,17H,7H2,1-6H3,(H,18,19). The molecule has 112 valence electrons. The molecular weight excluding hydrogens is 252 g/mol. The van der Waals surface area contributed by atoms with Crippen LogP contribution in [-0.2, 0) is 4.79 Å². The molecule has 4 nitrogen and oxygen atoms in total. The zero-order valence-corrected chi connectivity index (χ0v) is 13.3. The predicted molar refractivity (Wildman–Crippen MR) is 82.0 cm³/mol. The van der Waals surface area contributed by atoms with E-state index in [-0.39, 0.29) is 11.9 Å². The lowest BCUT2D eigenvalue weighted by molar-refractivity contribution is -0.127. The first-order valence-corrected chi connectivity index (χ1v) is 7.02. The van der Waals surface area contributed by atoms with Gasteiger partial charge >= 0.3 is 0 Å². The van der Waals surface area contributed by atoms with Crippen LogP contribution in [0.15, 0.2) is 18.2 Å². The summed E-state index contributed by atoms with van der Waals surface area (Å²) in [6.45, 7) is 10.5. The van der Waals surface area contributed by atoms with Crippen LogP contribution in [0.3, 0.4) is 0 Å². The highest BCUT2D eigenvalue weighted by molar-refractivity contribution is 5.85. The number of amides is 1. The number of rotatable bonds is 6. The molecule has 0 aliphatic rings. The third-order valence-electron chi connectivity index (χ3n) is 3.39. The van der Waals surface area contributed by atoms with E-state index in [1.807, 2.05) is 52.8 Å². The molecule has 0 fully saturated rings. The molecule has 0 aromatic heterocycles. The second kappa shape index (κ2) is 6.75. The molecule has 4 heteroatoms. The van der Waals surface area contributed by atoms with Crippen LogP contribution in [0.2, 0.25) is 0 Å². The summed E-state index contributed by atoms with van der Waals surface area (Å²) in [6.07, 6.45) is 0. The maximum atomic E-state index is 12.3. The van der Waals surface area contributed by atoms with Gasteiger partial charge in [0.1, 0.15) is 5.75 Å². The highest BCUT2D eigenvalue weighted by Crippen LogP contribution is 2.26. The van der Waals surface area contributed by atoms with Gasteiger partial charge in [0.05, 0.1) is 18.7 Å². The quantitative estimate of drug-likeness (QED) is 0.841. The first-order valence-electron chi connectivity index (χ1n) is 7.02. The summed E-state index contributed by atoms with van der Waals surface area (Å²) in [7, 11) is 1.64. The Balaban J connectivity index is 2.88.